The van der Waals surface area contributed by atoms with E-state index < -0.39 is 0 Å². The molecule has 0 saturated carbocycles. The molecule has 6 rings (SSSR count). The van der Waals surface area contributed by atoms with E-state index in [0.717, 1.165) is 33.6 Å². The zero-order valence-electron chi connectivity index (χ0n) is 21.9. The Kier molecular flexibility index (Phi) is 10.7. The molecule has 0 unspecified atom stereocenters. The molecule has 0 saturated heterocycles. The summed E-state index contributed by atoms with van der Waals surface area (Å²) in [6.07, 6.45) is 11.7. The summed E-state index contributed by atoms with van der Waals surface area (Å²) in [6, 6.07) is 16.3. The fourth-order valence-corrected chi connectivity index (χ4v) is 5.89. The highest BCUT2D eigenvalue weighted by molar-refractivity contribution is 7.14. The number of guanidine groups is 1. The molecule has 2 aromatic carbocycles. The van der Waals surface area contributed by atoms with Crippen LogP contribution in [0.25, 0.3) is 32.4 Å². The number of thiazole rings is 2. The molecule has 6 aromatic rings. The van der Waals surface area contributed by atoms with Crippen molar-refractivity contribution in [2.24, 2.45) is 35.1 Å². The van der Waals surface area contributed by atoms with Crippen molar-refractivity contribution in [1.82, 2.24) is 14.6 Å². The van der Waals surface area contributed by atoms with Gasteiger partial charge in [0.1, 0.15) is 24.8 Å². The van der Waals surface area contributed by atoms with Crippen LogP contribution in [0.1, 0.15) is 11.1 Å². The quantitative estimate of drug-likeness (QED) is 0.0949. The number of benzene rings is 2. The van der Waals surface area contributed by atoms with Gasteiger partial charge in [0, 0.05) is 21.9 Å². The molecule has 4 aromatic heterocycles. The molecule has 0 amide bonds. The third kappa shape index (κ3) is 6.61. The second-order valence-corrected chi connectivity index (χ2v) is 10.4. The highest BCUT2D eigenvalue weighted by Crippen LogP contribution is 2.22. The van der Waals surface area contributed by atoms with E-state index in [1.165, 1.54) is 9.92 Å². The maximum absolute atomic E-state index is 5.89. The summed E-state index contributed by atoms with van der Waals surface area (Å²) in [6.45, 7) is 0. The van der Waals surface area contributed by atoms with Crippen LogP contribution in [0.5, 0.6) is 0 Å². The van der Waals surface area contributed by atoms with E-state index in [-0.39, 0.29) is 43.2 Å². The number of rotatable bonds is 6. The normalized spacial score (nSPS) is 11.6. The molecule has 0 aliphatic carbocycles. The van der Waals surface area contributed by atoms with E-state index in [4.69, 9.17) is 5.73 Å². The average Bonchev–Trinajstić information content (AvgIpc) is 3.70. The summed E-state index contributed by atoms with van der Waals surface area (Å²) in [7, 11) is 4.15. The van der Waals surface area contributed by atoms with Gasteiger partial charge >= 0.3 is 9.92 Å². The summed E-state index contributed by atoms with van der Waals surface area (Å²) in [4.78, 5) is 2.38. The van der Waals surface area contributed by atoms with E-state index in [9.17, 15) is 0 Å². The molecule has 14 heteroatoms. The predicted molar refractivity (Wildman–Crippen MR) is 161 cm³/mol. The van der Waals surface area contributed by atoms with Gasteiger partial charge in [-0.15, -0.1) is 17.5 Å². The number of fused-ring (bicyclic) bond motifs is 2. The van der Waals surface area contributed by atoms with E-state index in [0.29, 0.717) is 0 Å². The van der Waals surface area contributed by atoms with Crippen molar-refractivity contribution < 1.29 is 33.6 Å². The van der Waals surface area contributed by atoms with Crippen molar-refractivity contribution in [2.75, 3.05) is 0 Å². The Morgan fingerprint density at radius 3 is 1.71 bits per heavy atom. The largest absolute Gasteiger partial charge is 1.00 e. The summed E-state index contributed by atoms with van der Waals surface area (Å²) >= 11 is 3.43. The fraction of sp³-hybridized carbons (Fsp3) is 0.0741. The van der Waals surface area contributed by atoms with Gasteiger partial charge in [-0.05, 0) is 35.4 Å². The minimum atomic E-state index is 0. The van der Waals surface area contributed by atoms with Crippen LogP contribution in [0.4, 0.5) is 0 Å². The fourth-order valence-electron chi connectivity index (χ4n) is 4.28. The SMILES string of the molecule is Cl.Cn1c(-c2ccc(/C=N/N=C(\N)N/N=C/c3ccc(-c4c[n+]5ccsc5n4C)cc3)cc2)c[n+]2ccsc12.[Cl-].[Cl-]. The first-order chi connectivity index (χ1) is 18.6. The number of hydrazone groups is 1. The van der Waals surface area contributed by atoms with Crippen molar-refractivity contribution >= 4 is 63.4 Å². The van der Waals surface area contributed by atoms with Crippen molar-refractivity contribution in [2.45, 2.75) is 0 Å². The number of aryl methyl sites for hydroxylation is 2. The second kappa shape index (κ2) is 13.7. The lowest BCUT2D eigenvalue weighted by atomic mass is 10.1. The zero-order chi connectivity index (χ0) is 26.1. The number of hydrogen-bond acceptors (Lipinski definition) is 5. The van der Waals surface area contributed by atoms with Crippen LogP contribution in [-0.2, 0) is 14.1 Å². The Labute approximate surface area is 263 Å². The number of nitrogens with zero attached hydrogens (tertiary/aromatic N) is 7. The molecule has 4 heterocycles. The van der Waals surface area contributed by atoms with E-state index in [2.05, 4.69) is 113 Å². The summed E-state index contributed by atoms with van der Waals surface area (Å²) in [5.41, 5.74) is 15.0. The summed E-state index contributed by atoms with van der Waals surface area (Å²) in [5.74, 6) is 0.104. The zero-order valence-corrected chi connectivity index (χ0v) is 25.9. The Bertz CT molecular complexity index is 1830. The van der Waals surface area contributed by atoms with Crippen LogP contribution < -0.4 is 44.8 Å². The molecule has 41 heavy (non-hydrogen) atoms. The summed E-state index contributed by atoms with van der Waals surface area (Å²) in [5, 5.41) is 16.4. The lowest BCUT2D eigenvalue weighted by molar-refractivity contribution is -0.505. The Hall–Kier alpha value is -3.74. The van der Waals surface area contributed by atoms with Crippen LogP contribution in [0.2, 0.25) is 0 Å². The topological polar surface area (TPSA) is 93.2 Å². The van der Waals surface area contributed by atoms with Gasteiger partial charge < -0.3 is 30.5 Å². The van der Waals surface area contributed by atoms with E-state index in [1.807, 2.05) is 24.3 Å². The van der Waals surface area contributed by atoms with Gasteiger partial charge in [0.2, 0.25) is 5.96 Å². The van der Waals surface area contributed by atoms with Gasteiger partial charge in [-0.25, -0.2) is 14.6 Å². The smallest absolute Gasteiger partial charge is 0.345 e. The van der Waals surface area contributed by atoms with Crippen molar-refractivity contribution in [3.05, 3.63) is 95.2 Å². The van der Waals surface area contributed by atoms with E-state index in [1.54, 1.807) is 35.1 Å². The Balaban J connectivity index is 0.00000154. The molecule has 212 valence electrons. The van der Waals surface area contributed by atoms with Crippen LogP contribution in [0.15, 0.2) is 99.4 Å². The van der Waals surface area contributed by atoms with Gasteiger partial charge in [0.05, 0.1) is 26.5 Å². The standard InChI is InChI=1S/C27H25N9S2.3ClH/c1-33-23(17-35-11-13-37-26(33)35)21-7-3-19(4-8-21)15-29-31-25(28)32-30-16-20-5-9-22(10-6-20)24-18-36-12-14-38-27(36)34(24)2;;;/h3-18H,1-2H3,(H3,28,31,32);3*1H/q+2;;;/p-2/b29-15+,30-16+;;;. The van der Waals surface area contributed by atoms with Gasteiger partial charge in [0.25, 0.3) is 0 Å². The van der Waals surface area contributed by atoms with Crippen molar-refractivity contribution in [1.29, 1.82) is 0 Å². The maximum atomic E-state index is 5.89. The minimum Gasteiger partial charge on any atom is -1.00 e. The number of hydrogen-bond donors (Lipinski definition) is 2. The Morgan fingerprint density at radius 1 is 0.780 bits per heavy atom. The average molecular weight is 647 g/mol. The Morgan fingerprint density at radius 2 is 1.24 bits per heavy atom. The van der Waals surface area contributed by atoms with Gasteiger partial charge in [-0.1, -0.05) is 46.9 Å². The molecular formula is C27H26Cl3N9S2. The second-order valence-electron chi connectivity index (χ2n) is 8.68. The first-order valence-corrected chi connectivity index (χ1v) is 13.6. The van der Waals surface area contributed by atoms with Gasteiger partial charge in [-0.3, -0.25) is 0 Å². The first-order valence-electron chi connectivity index (χ1n) is 11.8. The lowest BCUT2D eigenvalue weighted by Crippen LogP contribution is -3.00. The maximum Gasteiger partial charge on any atom is 0.345 e. The molecule has 0 aliphatic rings. The van der Waals surface area contributed by atoms with E-state index >= 15 is 0 Å². The number of imidazole rings is 2. The molecule has 3 N–H and O–H groups in total. The predicted octanol–water partition coefficient (Wildman–Crippen LogP) is -2.00. The van der Waals surface area contributed by atoms with Crippen LogP contribution in [-0.4, -0.2) is 27.5 Å². The van der Waals surface area contributed by atoms with Crippen molar-refractivity contribution in [3.63, 3.8) is 0 Å². The number of nitrogens with one attached hydrogen (secondary N) is 1. The molecule has 0 atom stereocenters. The molecule has 0 radical (unpaired) electrons. The van der Waals surface area contributed by atoms with Crippen LogP contribution in [0.3, 0.4) is 0 Å². The molecular weight excluding hydrogens is 621 g/mol. The third-order valence-electron chi connectivity index (χ3n) is 6.23. The number of halogens is 3. The summed E-state index contributed by atoms with van der Waals surface area (Å²) < 4.78 is 8.63. The van der Waals surface area contributed by atoms with Crippen LogP contribution >= 0.6 is 35.1 Å². The van der Waals surface area contributed by atoms with Crippen LogP contribution in [0, 0.1) is 0 Å². The number of nitrogens with two attached hydrogens (primary N) is 1. The molecule has 0 bridgehead atoms. The minimum absolute atomic E-state index is 0. The molecule has 9 nitrogen and oxygen atoms in total. The molecule has 0 fully saturated rings. The van der Waals surface area contributed by atoms with Crippen molar-refractivity contribution in [3.8, 4) is 22.5 Å². The highest BCUT2D eigenvalue weighted by Gasteiger charge is 2.17. The van der Waals surface area contributed by atoms with Gasteiger partial charge in [-0.2, -0.15) is 19.0 Å². The molecule has 0 aliphatic heterocycles. The highest BCUT2D eigenvalue weighted by atomic mass is 35.5. The first kappa shape index (κ1) is 31.8. The number of aromatic nitrogens is 4. The monoisotopic (exact) mass is 645 g/mol. The molecule has 0 spiro atoms. The third-order valence-corrected chi connectivity index (χ3v) is 8.14. The lowest BCUT2D eigenvalue weighted by Gasteiger charge is -1.99. The van der Waals surface area contributed by atoms with Gasteiger partial charge in [0.15, 0.2) is 11.4 Å².